The lowest BCUT2D eigenvalue weighted by Gasteiger charge is -2.10. The second-order valence-electron chi connectivity index (χ2n) is 4.48. The van der Waals surface area contributed by atoms with E-state index in [1.54, 1.807) is 24.3 Å². The molecular formula is C13H18N2O. The van der Waals surface area contributed by atoms with Crippen LogP contribution in [-0.2, 0) is 0 Å². The van der Waals surface area contributed by atoms with E-state index in [4.69, 9.17) is 5.73 Å². The maximum atomic E-state index is 11.8. The van der Waals surface area contributed by atoms with Gasteiger partial charge in [-0.05, 0) is 43.0 Å². The molecule has 3 N–H and O–H groups in total. The number of hydrogen-bond donors (Lipinski definition) is 2. The maximum Gasteiger partial charge on any atom is 0.251 e. The van der Waals surface area contributed by atoms with Crippen LogP contribution in [0.5, 0.6) is 0 Å². The average molecular weight is 218 g/mol. The summed E-state index contributed by atoms with van der Waals surface area (Å²) in [6, 6.07) is 7.04. The van der Waals surface area contributed by atoms with E-state index in [9.17, 15) is 4.79 Å². The van der Waals surface area contributed by atoms with Crippen molar-refractivity contribution in [1.82, 2.24) is 5.32 Å². The number of carbonyl (C=O) groups is 1. The van der Waals surface area contributed by atoms with E-state index >= 15 is 0 Å². The SMILES string of the molecule is Nc1ccc(C(=O)NCC2CCCC2)cc1. The van der Waals surface area contributed by atoms with Crippen LogP contribution in [0.25, 0.3) is 0 Å². The van der Waals surface area contributed by atoms with E-state index in [0.29, 0.717) is 17.2 Å². The van der Waals surface area contributed by atoms with Gasteiger partial charge in [-0.2, -0.15) is 0 Å². The van der Waals surface area contributed by atoms with Crippen LogP contribution in [-0.4, -0.2) is 12.5 Å². The largest absolute Gasteiger partial charge is 0.399 e. The number of carbonyl (C=O) groups excluding carboxylic acids is 1. The van der Waals surface area contributed by atoms with Crippen LogP contribution in [0.3, 0.4) is 0 Å². The van der Waals surface area contributed by atoms with Crippen LogP contribution in [0.15, 0.2) is 24.3 Å². The first kappa shape index (κ1) is 11.0. The van der Waals surface area contributed by atoms with Crippen molar-refractivity contribution in [1.29, 1.82) is 0 Å². The quantitative estimate of drug-likeness (QED) is 0.764. The highest BCUT2D eigenvalue weighted by Gasteiger charge is 2.15. The Hall–Kier alpha value is -1.51. The standard InChI is InChI=1S/C13H18N2O/c14-12-7-5-11(6-8-12)13(16)15-9-10-3-1-2-4-10/h5-8,10H,1-4,9,14H2,(H,15,16). The zero-order chi connectivity index (χ0) is 11.4. The molecule has 0 bridgehead atoms. The van der Waals surface area contributed by atoms with E-state index < -0.39 is 0 Å². The summed E-state index contributed by atoms with van der Waals surface area (Å²) in [5.74, 6) is 0.685. The molecule has 1 saturated carbocycles. The van der Waals surface area contributed by atoms with Crippen molar-refractivity contribution in [3.63, 3.8) is 0 Å². The van der Waals surface area contributed by atoms with Gasteiger partial charge >= 0.3 is 0 Å². The summed E-state index contributed by atoms with van der Waals surface area (Å²) < 4.78 is 0. The second-order valence-corrected chi connectivity index (χ2v) is 4.48. The van der Waals surface area contributed by atoms with Gasteiger partial charge in [0, 0.05) is 17.8 Å². The summed E-state index contributed by atoms with van der Waals surface area (Å²) in [5.41, 5.74) is 6.94. The highest BCUT2D eigenvalue weighted by Crippen LogP contribution is 2.23. The van der Waals surface area contributed by atoms with E-state index in [0.717, 1.165) is 6.54 Å². The lowest BCUT2D eigenvalue weighted by molar-refractivity contribution is 0.0947. The van der Waals surface area contributed by atoms with Gasteiger partial charge < -0.3 is 11.1 Å². The topological polar surface area (TPSA) is 55.1 Å². The van der Waals surface area contributed by atoms with Gasteiger partial charge in [0.2, 0.25) is 0 Å². The third kappa shape index (κ3) is 2.75. The van der Waals surface area contributed by atoms with Gasteiger partial charge in [0.15, 0.2) is 0 Å². The molecule has 16 heavy (non-hydrogen) atoms. The molecule has 0 unspecified atom stereocenters. The van der Waals surface area contributed by atoms with Crippen molar-refractivity contribution >= 4 is 11.6 Å². The minimum Gasteiger partial charge on any atom is -0.399 e. The molecule has 1 aliphatic carbocycles. The maximum absolute atomic E-state index is 11.8. The van der Waals surface area contributed by atoms with Crippen LogP contribution in [0, 0.1) is 5.92 Å². The van der Waals surface area contributed by atoms with E-state index in [1.807, 2.05) is 0 Å². The molecule has 1 aromatic carbocycles. The zero-order valence-electron chi connectivity index (χ0n) is 9.41. The molecule has 0 saturated heterocycles. The predicted octanol–water partition coefficient (Wildman–Crippen LogP) is 2.19. The summed E-state index contributed by atoms with van der Waals surface area (Å²) >= 11 is 0. The fourth-order valence-corrected chi connectivity index (χ4v) is 2.19. The van der Waals surface area contributed by atoms with Gasteiger partial charge in [-0.1, -0.05) is 12.8 Å². The van der Waals surface area contributed by atoms with Gasteiger partial charge in [0.1, 0.15) is 0 Å². The number of benzene rings is 1. The molecule has 1 amide bonds. The first-order valence-electron chi connectivity index (χ1n) is 5.89. The van der Waals surface area contributed by atoms with Crippen LogP contribution >= 0.6 is 0 Å². The fraction of sp³-hybridized carbons (Fsp3) is 0.462. The minimum absolute atomic E-state index is 0.00639. The molecule has 0 spiro atoms. The molecule has 3 heteroatoms. The Bertz CT molecular complexity index is 353. The van der Waals surface area contributed by atoms with E-state index in [2.05, 4.69) is 5.32 Å². The third-order valence-electron chi connectivity index (χ3n) is 3.20. The highest BCUT2D eigenvalue weighted by molar-refractivity contribution is 5.94. The van der Waals surface area contributed by atoms with Crippen molar-refractivity contribution in [2.75, 3.05) is 12.3 Å². The summed E-state index contributed by atoms with van der Waals surface area (Å²) in [7, 11) is 0. The number of nitrogens with two attached hydrogens (primary N) is 1. The minimum atomic E-state index is 0.00639. The zero-order valence-corrected chi connectivity index (χ0v) is 9.41. The van der Waals surface area contributed by atoms with Crippen molar-refractivity contribution in [3.8, 4) is 0 Å². The molecule has 1 aliphatic rings. The Morgan fingerprint density at radius 3 is 2.50 bits per heavy atom. The molecule has 0 atom stereocenters. The molecule has 3 nitrogen and oxygen atoms in total. The number of nitrogen functional groups attached to an aromatic ring is 1. The Morgan fingerprint density at radius 1 is 1.25 bits per heavy atom. The highest BCUT2D eigenvalue weighted by atomic mass is 16.1. The molecule has 2 rings (SSSR count). The molecule has 1 fully saturated rings. The van der Waals surface area contributed by atoms with Crippen molar-refractivity contribution < 1.29 is 4.79 Å². The second kappa shape index (κ2) is 5.01. The summed E-state index contributed by atoms with van der Waals surface area (Å²) in [6.07, 6.45) is 5.12. The van der Waals surface area contributed by atoms with Gasteiger partial charge in [-0.25, -0.2) is 0 Å². The molecule has 86 valence electrons. The normalized spacial score (nSPS) is 16.2. The molecule has 0 aliphatic heterocycles. The molecule has 0 aromatic heterocycles. The lowest BCUT2D eigenvalue weighted by Crippen LogP contribution is -2.28. The van der Waals surface area contributed by atoms with E-state index in [1.165, 1.54) is 25.7 Å². The van der Waals surface area contributed by atoms with Crippen LogP contribution in [0.2, 0.25) is 0 Å². The monoisotopic (exact) mass is 218 g/mol. The van der Waals surface area contributed by atoms with Gasteiger partial charge in [-0.3, -0.25) is 4.79 Å². The fourth-order valence-electron chi connectivity index (χ4n) is 2.19. The van der Waals surface area contributed by atoms with Crippen LogP contribution < -0.4 is 11.1 Å². The first-order valence-corrected chi connectivity index (χ1v) is 5.89. The van der Waals surface area contributed by atoms with Crippen molar-refractivity contribution in [2.24, 2.45) is 5.92 Å². The summed E-state index contributed by atoms with van der Waals surface area (Å²) in [5, 5.41) is 2.98. The Labute approximate surface area is 96.0 Å². The van der Waals surface area contributed by atoms with Crippen LogP contribution in [0.1, 0.15) is 36.0 Å². The first-order chi connectivity index (χ1) is 7.75. The molecule has 1 aromatic rings. The Kier molecular flexibility index (Phi) is 3.44. The smallest absolute Gasteiger partial charge is 0.251 e. The van der Waals surface area contributed by atoms with E-state index in [-0.39, 0.29) is 5.91 Å². The number of hydrogen-bond acceptors (Lipinski definition) is 2. The predicted molar refractivity (Wildman–Crippen MR) is 65.1 cm³/mol. The van der Waals surface area contributed by atoms with Gasteiger partial charge in [0.05, 0.1) is 0 Å². The van der Waals surface area contributed by atoms with Gasteiger partial charge in [0.25, 0.3) is 5.91 Å². The Morgan fingerprint density at radius 2 is 1.88 bits per heavy atom. The van der Waals surface area contributed by atoms with Crippen LogP contribution in [0.4, 0.5) is 5.69 Å². The number of anilines is 1. The summed E-state index contributed by atoms with van der Waals surface area (Å²) in [4.78, 5) is 11.8. The van der Waals surface area contributed by atoms with Crippen molar-refractivity contribution in [2.45, 2.75) is 25.7 Å². The molecule has 0 radical (unpaired) electrons. The van der Waals surface area contributed by atoms with Crippen molar-refractivity contribution in [3.05, 3.63) is 29.8 Å². The molecular weight excluding hydrogens is 200 g/mol. The Balaban J connectivity index is 1.85. The third-order valence-corrected chi connectivity index (χ3v) is 3.20. The summed E-state index contributed by atoms with van der Waals surface area (Å²) in [6.45, 7) is 0.809. The number of nitrogens with one attached hydrogen (secondary N) is 1. The van der Waals surface area contributed by atoms with Gasteiger partial charge in [-0.15, -0.1) is 0 Å². The number of rotatable bonds is 3. The lowest BCUT2D eigenvalue weighted by atomic mass is 10.1. The average Bonchev–Trinajstić information content (AvgIpc) is 2.80. The molecule has 0 heterocycles. The number of amides is 1.